The van der Waals surface area contributed by atoms with Crippen LogP contribution in [0.15, 0.2) is 11.6 Å². The fraction of sp³-hybridized carbons (Fsp3) is 0.949. The van der Waals surface area contributed by atoms with Crippen molar-refractivity contribution >= 4 is 0 Å². The van der Waals surface area contributed by atoms with Crippen molar-refractivity contribution in [2.24, 2.45) is 34.5 Å². The average Bonchev–Trinajstić information content (AvgIpc) is 3.44. The van der Waals surface area contributed by atoms with E-state index in [1.54, 1.807) is 6.92 Å². The second-order valence-corrected chi connectivity index (χ2v) is 18.2. The summed E-state index contributed by atoms with van der Waals surface area (Å²) in [5.74, 6) is 0.725. The van der Waals surface area contributed by atoms with Crippen LogP contribution in [0.1, 0.15) is 72.6 Å². The summed E-state index contributed by atoms with van der Waals surface area (Å²) in [5.41, 5.74) is 1.11. The molecule has 0 aromatic carbocycles. The van der Waals surface area contributed by atoms with Gasteiger partial charge in [0.2, 0.25) is 0 Å². The van der Waals surface area contributed by atoms with Gasteiger partial charge < -0.3 is 84.6 Å². The van der Waals surface area contributed by atoms with Gasteiger partial charge in [-0.25, -0.2) is 0 Å². The van der Waals surface area contributed by atoms with Crippen molar-refractivity contribution in [2.45, 2.75) is 183 Å². The summed E-state index contributed by atoms with van der Waals surface area (Å²) in [4.78, 5) is 0. The minimum absolute atomic E-state index is 0.0304. The van der Waals surface area contributed by atoms with Crippen LogP contribution in [0, 0.1) is 34.5 Å². The van der Waals surface area contributed by atoms with E-state index in [9.17, 15) is 56.2 Å². The summed E-state index contributed by atoms with van der Waals surface area (Å²) in [6, 6.07) is 0. The van der Waals surface area contributed by atoms with Crippen LogP contribution in [-0.4, -0.2) is 180 Å². The molecule has 3 saturated heterocycles. The largest absolute Gasteiger partial charge is 0.394 e. The molecule has 0 radical (unpaired) electrons. The average molecular weight is 805 g/mol. The number of allylic oxidation sites excluding steroid dienone is 1. The molecule has 3 aliphatic heterocycles. The number of rotatable bonds is 9. The van der Waals surface area contributed by atoms with Crippen LogP contribution >= 0.6 is 0 Å². The minimum atomic E-state index is -1.86. The molecule has 24 unspecified atom stereocenters. The second kappa shape index (κ2) is 16.5. The number of aliphatic hydroxyl groups excluding tert-OH is 11. The molecule has 56 heavy (non-hydrogen) atoms. The quantitative estimate of drug-likeness (QED) is 0.110. The van der Waals surface area contributed by atoms with Crippen molar-refractivity contribution in [3.05, 3.63) is 11.6 Å². The molecule has 3 saturated carbocycles. The summed E-state index contributed by atoms with van der Waals surface area (Å²) in [5, 5.41) is 117. The van der Waals surface area contributed by atoms with Gasteiger partial charge >= 0.3 is 0 Å². The molecule has 24 atom stereocenters. The molecule has 0 aromatic heterocycles. The van der Waals surface area contributed by atoms with E-state index in [0.717, 1.165) is 38.5 Å². The fourth-order valence-electron chi connectivity index (χ4n) is 11.8. The van der Waals surface area contributed by atoms with Gasteiger partial charge in [-0.15, -0.1) is 0 Å². The van der Waals surface area contributed by atoms with Gasteiger partial charge in [-0.1, -0.05) is 25.5 Å². The highest BCUT2D eigenvalue weighted by Gasteiger charge is 2.63. The molecule has 7 aliphatic rings. The second-order valence-electron chi connectivity index (χ2n) is 18.2. The first-order valence-electron chi connectivity index (χ1n) is 20.4. The predicted molar refractivity (Wildman–Crippen MR) is 191 cm³/mol. The molecule has 0 bridgehead atoms. The van der Waals surface area contributed by atoms with E-state index in [-0.39, 0.29) is 28.8 Å². The highest BCUT2D eigenvalue weighted by Crippen LogP contribution is 2.67. The third-order valence-corrected chi connectivity index (χ3v) is 15.1. The van der Waals surface area contributed by atoms with Gasteiger partial charge in [0.1, 0.15) is 67.1 Å². The van der Waals surface area contributed by atoms with Crippen LogP contribution in [0.5, 0.6) is 0 Å². The number of fused-ring (bicyclic) bond motifs is 5. The lowest BCUT2D eigenvalue weighted by Crippen LogP contribution is -2.65. The van der Waals surface area contributed by atoms with Crippen molar-refractivity contribution in [1.82, 2.24) is 0 Å². The normalized spacial score (nSPS) is 55.4. The zero-order valence-corrected chi connectivity index (χ0v) is 32.5. The number of aliphatic hydroxyl groups is 11. The Morgan fingerprint density at radius 1 is 0.750 bits per heavy atom. The van der Waals surface area contributed by atoms with Gasteiger partial charge in [0.15, 0.2) is 18.9 Å². The Labute approximate surface area is 326 Å². The van der Waals surface area contributed by atoms with Crippen LogP contribution in [0.4, 0.5) is 0 Å². The molecule has 0 amide bonds. The van der Waals surface area contributed by atoms with Gasteiger partial charge in [0.25, 0.3) is 0 Å². The number of hydrogen-bond donors (Lipinski definition) is 11. The van der Waals surface area contributed by atoms with Gasteiger partial charge in [-0.05, 0) is 87.4 Å². The third kappa shape index (κ3) is 7.44. The zero-order valence-electron chi connectivity index (χ0n) is 32.5. The molecular formula is C39H64O17. The van der Waals surface area contributed by atoms with Crippen LogP contribution in [0.25, 0.3) is 0 Å². The smallest absolute Gasteiger partial charge is 0.187 e. The summed E-state index contributed by atoms with van der Waals surface area (Å²) in [6.07, 6.45) is -16.8. The fourth-order valence-corrected chi connectivity index (χ4v) is 11.8. The minimum Gasteiger partial charge on any atom is -0.394 e. The number of ether oxygens (including phenoxy) is 6. The monoisotopic (exact) mass is 804 g/mol. The van der Waals surface area contributed by atoms with E-state index >= 15 is 0 Å². The van der Waals surface area contributed by atoms with Gasteiger partial charge in [0, 0.05) is 5.92 Å². The van der Waals surface area contributed by atoms with Crippen molar-refractivity contribution in [1.29, 1.82) is 0 Å². The maximum atomic E-state index is 11.7. The maximum absolute atomic E-state index is 11.7. The first-order valence-corrected chi connectivity index (χ1v) is 20.4. The summed E-state index contributed by atoms with van der Waals surface area (Å²) >= 11 is 0. The lowest BCUT2D eigenvalue weighted by Gasteiger charge is -2.58. The molecule has 11 N–H and O–H groups in total. The molecule has 322 valence electrons. The van der Waals surface area contributed by atoms with Crippen molar-refractivity contribution in [2.75, 3.05) is 13.2 Å². The highest BCUT2D eigenvalue weighted by molar-refractivity contribution is 5.26. The van der Waals surface area contributed by atoms with Gasteiger partial charge in [-0.2, -0.15) is 0 Å². The topological polar surface area (TPSA) is 278 Å². The lowest BCUT2D eigenvalue weighted by atomic mass is 9.47. The zero-order chi connectivity index (χ0) is 40.6. The van der Waals surface area contributed by atoms with Crippen molar-refractivity contribution in [3.63, 3.8) is 0 Å². The van der Waals surface area contributed by atoms with Crippen LogP contribution in [0.3, 0.4) is 0 Å². The Morgan fingerprint density at radius 2 is 1.41 bits per heavy atom. The Bertz CT molecular complexity index is 1390. The molecule has 17 nitrogen and oxygen atoms in total. The van der Waals surface area contributed by atoms with E-state index in [1.807, 2.05) is 6.92 Å². The molecule has 7 rings (SSSR count). The van der Waals surface area contributed by atoms with E-state index in [0.29, 0.717) is 18.3 Å². The summed E-state index contributed by atoms with van der Waals surface area (Å²) in [6.45, 7) is 6.69. The summed E-state index contributed by atoms with van der Waals surface area (Å²) in [7, 11) is 0. The van der Waals surface area contributed by atoms with Gasteiger partial charge in [0.05, 0.1) is 37.6 Å². The summed E-state index contributed by atoms with van der Waals surface area (Å²) < 4.78 is 35.3. The van der Waals surface area contributed by atoms with Crippen LogP contribution in [0.2, 0.25) is 0 Å². The molecule has 6 fully saturated rings. The molecule has 0 spiro atoms. The first-order chi connectivity index (χ1) is 26.4. The molecule has 4 aliphatic carbocycles. The third-order valence-electron chi connectivity index (χ3n) is 15.1. The van der Waals surface area contributed by atoms with E-state index < -0.39 is 118 Å². The van der Waals surface area contributed by atoms with Gasteiger partial charge in [-0.3, -0.25) is 0 Å². The lowest BCUT2D eigenvalue weighted by molar-refractivity contribution is -0.375. The molecule has 3 heterocycles. The van der Waals surface area contributed by atoms with E-state index in [1.165, 1.54) is 5.57 Å². The van der Waals surface area contributed by atoms with Crippen molar-refractivity contribution in [3.8, 4) is 0 Å². The predicted octanol–water partition coefficient (Wildman–Crippen LogP) is -2.22. The standard InChI is InChI=1S/C39H64O17/c1-15(25-22(42)12-21-19-6-5-17-11-18(41)7-9-38(17,3)20(19)8-10-39(21,25)4)52-37-34(31(48)26(43)16(2)53-37)56-36-33(50)30(47)28(45)24(55-36)14-51-35-32(49)29(46)27(44)23(13-40)54-35/h5,15-16,18-37,40-50H,6-14H2,1-4H3. The Balaban J connectivity index is 1.05. The maximum Gasteiger partial charge on any atom is 0.187 e. The molecular weight excluding hydrogens is 740 g/mol. The van der Waals surface area contributed by atoms with E-state index in [2.05, 4.69) is 19.9 Å². The first kappa shape index (κ1) is 43.2. The molecule has 17 heteroatoms. The Hall–Kier alpha value is -0.940. The van der Waals surface area contributed by atoms with E-state index in [4.69, 9.17) is 28.4 Å². The Kier molecular flexibility index (Phi) is 12.7. The Morgan fingerprint density at radius 3 is 2.11 bits per heavy atom. The number of hydrogen-bond acceptors (Lipinski definition) is 17. The molecule has 0 aromatic rings. The van der Waals surface area contributed by atoms with Crippen molar-refractivity contribution < 1.29 is 84.6 Å². The van der Waals surface area contributed by atoms with Crippen LogP contribution < -0.4 is 0 Å². The highest BCUT2D eigenvalue weighted by atomic mass is 16.8. The van der Waals surface area contributed by atoms with Crippen LogP contribution in [-0.2, 0) is 28.4 Å². The SMILES string of the molecule is CC1OC(OC(C)C2C(O)CC3C4CC=C5CC(O)CCC5(C)C4CCC32C)C(OC2OC(COC3OC(CO)C(O)C(O)C3O)C(O)C(O)C2O)C(O)C1O.